The Bertz CT molecular complexity index is 752. The summed E-state index contributed by atoms with van der Waals surface area (Å²) < 4.78 is 28.7. The molecule has 27 heavy (non-hydrogen) atoms. The van der Waals surface area contributed by atoms with Gasteiger partial charge in [0.1, 0.15) is 5.75 Å². The summed E-state index contributed by atoms with van der Waals surface area (Å²) in [6, 6.07) is 6.46. The van der Waals surface area contributed by atoms with Gasteiger partial charge in [-0.25, -0.2) is 4.98 Å². The van der Waals surface area contributed by atoms with Crippen LogP contribution in [0.1, 0.15) is 24.1 Å². The third-order valence-electron chi connectivity index (χ3n) is 4.50. The topological polar surface area (TPSA) is 45.7 Å². The van der Waals surface area contributed by atoms with Crippen molar-refractivity contribution in [1.29, 1.82) is 0 Å². The van der Waals surface area contributed by atoms with Crippen LogP contribution < -0.4 is 9.64 Å². The highest BCUT2D eigenvalue weighted by atomic mass is 32.1. The molecule has 1 aromatic carbocycles. The molecule has 0 radical (unpaired) electrons. The fourth-order valence-electron chi connectivity index (χ4n) is 3.09. The van der Waals surface area contributed by atoms with Gasteiger partial charge in [-0.3, -0.25) is 4.79 Å². The Morgan fingerprint density at radius 1 is 1.22 bits per heavy atom. The molecule has 8 heteroatoms. The number of nitrogens with zero attached hydrogens (tertiary/aromatic N) is 3. The SMILES string of the molecule is Cc1csc(N2CCCN(C(=O)CCc3ccc(OC(F)F)cc3)CC2)n1. The minimum atomic E-state index is -2.83. The van der Waals surface area contributed by atoms with Gasteiger partial charge in [0, 0.05) is 38.0 Å². The number of aryl methyl sites for hydroxylation is 2. The van der Waals surface area contributed by atoms with Crippen molar-refractivity contribution in [2.24, 2.45) is 0 Å². The molecular formula is C19H23F2N3O2S. The van der Waals surface area contributed by atoms with Gasteiger partial charge >= 0.3 is 6.61 Å². The maximum Gasteiger partial charge on any atom is 0.387 e. The van der Waals surface area contributed by atoms with E-state index in [1.165, 1.54) is 12.1 Å². The van der Waals surface area contributed by atoms with E-state index in [0.717, 1.165) is 42.4 Å². The number of aromatic nitrogens is 1. The van der Waals surface area contributed by atoms with Gasteiger partial charge in [0.25, 0.3) is 0 Å². The van der Waals surface area contributed by atoms with Crippen molar-refractivity contribution in [3.05, 3.63) is 40.9 Å². The van der Waals surface area contributed by atoms with Gasteiger partial charge in [-0.15, -0.1) is 11.3 Å². The molecule has 1 aliphatic rings. The largest absolute Gasteiger partial charge is 0.435 e. The summed E-state index contributed by atoms with van der Waals surface area (Å²) in [7, 11) is 0. The molecule has 0 unspecified atom stereocenters. The van der Waals surface area contributed by atoms with E-state index < -0.39 is 6.61 Å². The van der Waals surface area contributed by atoms with Crippen molar-refractivity contribution in [3.63, 3.8) is 0 Å². The number of alkyl halides is 2. The average Bonchev–Trinajstić information content (AvgIpc) is 2.92. The highest BCUT2D eigenvalue weighted by Crippen LogP contribution is 2.22. The fraction of sp³-hybridized carbons (Fsp3) is 0.474. The van der Waals surface area contributed by atoms with Crippen molar-refractivity contribution in [2.75, 3.05) is 31.1 Å². The molecule has 0 bridgehead atoms. The van der Waals surface area contributed by atoms with Crippen LogP contribution in [-0.4, -0.2) is 48.6 Å². The van der Waals surface area contributed by atoms with Crippen LogP contribution in [-0.2, 0) is 11.2 Å². The number of rotatable bonds is 6. The van der Waals surface area contributed by atoms with Gasteiger partial charge in [-0.2, -0.15) is 8.78 Å². The molecule has 0 N–H and O–H groups in total. The van der Waals surface area contributed by atoms with Crippen LogP contribution >= 0.6 is 11.3 Å². The van der Waals surface area contributed by atoms with Crippen LogP contribution in [0.2, 0.25) is 0 Å². The van der Waals surface area contributed by atoms with Crippen LogP contribution in [0.15, 0.2) is 29.6 Å². The normalized spacial score (nSPS) is 15.1. The Morgan fingerprint density at radius 2 is 2.00 bits per heavy atom. The second-order valence-electron chi connectivity index (χ2n) is 6.52. The van der Waals surface area contributed by atoms with E-state index in [4.69, 9.17) is 0 Å². The fourth-order valence-corrected chi connectivity index (χ4v) is 3.95. The Hall–Kier alpha value is -2.22. The first kappa shape index (κ1) is 19.5. The third kappa shape index (κ3) is 5.63. The quantitative estimate of drug-likeness (QED) is 0.748. The smallest absolute Gasteiger partial charge is 0.387 e. The van der Waals surface area contributed by atoms with Crippen LogP contribution in [0, 0.1) is 6.92 Å². The van der Waals surface area contributed by atoms with Crippen LogP contribution in [0.4, 0.5) is 13.9 Å². The van der Waals surface area contributed by atoms with Gasteiger partial charge in [0.2, 0.25) is 5.91 Å². The summed E-state index contributed by atoms with van der Waals surface area (Å²) >= 11 is 1.64. The molecule has 146 valence electrons. The minimum Gasteiger partial charge on any atom is -0.435 e. The summed E-state index contributed by atoms with van der Waals surface area (Å²) in [5.74, 6) is 0.255. The number of ether oxygens (including phenoxy) is 1. The second kappa shape index (κ2) is 9.12. The van der Waals surface area contributed by atoms with Gasteiger partial charge in [0.05, 0.1) is 5.69 Å². The maximum absolute atomic E-state index is 12.6. The zero-order valence-corrected chi connectivity index (χ0v) is 16.1. The standard InChI is InChI=1S/C19H23F2N3O2S/c1-14-13-27-19(22-14)24-10-2-9-23(11-12-24)17(25)8-5-15-3-6-16(7-4-15)26-18(20)21/h3-4,6-7,13,18H,2,5,8-12H2,1H3. The molecule has 0 atom stereocenters. The van der Waals surface area contributed by atoms with E-state index in [0.29, 0.717) is 19.4 Å². The van der Waals surface area contributed by atoms with Crippen molar-refractivity contribution >= 4 is 22.4 Å². The predicted molar refractivity (Wildman–Crippen MR) is 102 cm³/mol. The molecule has 0 spiro atoms. The van der Waals surface area contributed by atoms with Crippen LogP contribution in [0.25, 0.3) is 0 Å². The first-order valence-electron chi connectivity index (χ1n) is 9.00. The molecule has 2 heterocycles. The number of carbonyl (C=O) groups is 1. The highest BCUT2D eigenvalue weighted by molar-refractivity contribution is 7.13. The Morgan fingerprint density at radius 3 is 2.67 bits per heavy atom. The molecule has 1 amide bonds. The lowest BCUT2D eigenvalue weighted by molar-refractivity contribution is -0.130. The first-order valence-corrected chi connectivity index (χ1v) is 9.88. The Labute approximate surface area is 161 Å². The monoisotopic (exact) mass is 395 g/mol. The molecule has 1 aromatic heterocycles. The zero-order chi connectivity index (χ0) is 19.2. The maximum atomic E-state index is 12.6. The van der Waals surface area contributed by atoms with Gasteiger partial charge < -0.3 is 14.5 Å². The zero-order valence-electron chi connectivity index (χ0n) is 15.2. The molecule has 0 aliphatic carbocycles. The van der Waals surface area contributed by atoms with Crippen molar-refractivity contribution < 1.29 is 18.3 Å². The predicted octanol–water partition coefficient (Wildman–Crippen LogP) is 3.72. The molecule has 3 rings (SSSR count). The van der Waals surface area contributed by atoms with Gasteiger partial charge in [-0.05, 0) is 37.5 Å². The van der Waals surface area contributed by atoms with Crippen molar-refractivity contribution in [1.82, 2.24) is 9.88 Å². The average molecular weight is 395 g/mol. The number of carbonyl (C=O) groups excluding carboxylic acids is 1. The summed E-state index contributed by atoms with van der Waals surface area (Å²) in [5.41, 5.74) is 1.96. The number of hydrogen-bond donors (Lipinski definition) is 0. The summed E-state index contributed by atoms with van der Waals surface area (Å²) in [6.07, 6.45) is 1.91. The van der Waals surface area contributed by atoms with Crippen molar-refractivity contribution in [2.45, 2.75) is 32.8 Å². The van der Waals surface area contributed by atoms with E-state index in [1.54, 1.807) is 23.5 Å². The first-order chi connectivity index (χ1) is 13.0. The van der Waals surface area contributed by atoms with Gasteiger partial charge in [-0.1, -0.05) is 12.1 Å². The number of anilines is 1. The van der Waals surface area contributed by atoms with Crippen molar-refractivity contribution in [3.8, 4) is 5.75 Å². The van der Waals surface area contributed by atoms with Gasteiger partial charge in [0.15, 0.2) is 5.13 Å². The van der Waals surface area contributed by atoms with E-state index in [1.807, 2.05) is 17.2 Å². The molecule has 1 fully saturated rings. The summed E-state index contributed by atoms with van der Waals surface area (Å²) in [6.45, 7) is 2.30. The summed E-state index contributed by atoms with van der Waals surface area (Å²) in [5, 5.41) is 3.06. The van der Waals surface area contributed by atoms with Crippen LogP contribution in [0.3, 0.4) is 0 Å². The number of thiazole rings is 1. The molecule has 2 aromatic rings. The van der Waals surface area contributed by atoms with E-state index in [9.17, 15) is 13.6 Å². The lowest BCUT2D eigenvalue weighted by Crippen LogP contribution is -2.35. The van der Waals surface area contributed by atoms with E-state index in [-0.39, 0.29) is 11.7 Å². The van der Waals surface area contributed by atoms with E-state index >= 15 is 0 Å². The summed E-state index contributed by atoms with van der Waals surface area (Å²) in [4.78, 5) is 21.2. The van der Waals surface area contributed by atoms with Crippen LogP contribution in [0.5, 0.6) is 5.75 Å². The molecule has 0 saturated carbocycles. The number of hydrogen-bond acceptors (Lipinski definition) is 5. The number of halogens is 2. The Balaban J connectivity index is 1.48. The molecule has 1 aliphatic heterocycles. The second-order valence-corrected chi connectivity index (χ2v) is 7.35. The Kier molecular flexibility index (Phi) is 6.60. The van der Waals surface area contributed by atoms with E-state index in [2.05, 4.69) is 14.6 Å². The minimum absolute atomic E-state index is 0.125. The molecule has 1 saturated heterocycles. The highest BCUT2D eigenvalue weighted by Gasteiger charge is 2.20. The number of benzene rings is 1. The molecular weight excluding hydrogens is 372 g/mol. The number of amides is 1. The molecule has 5 nitrogen and oxygen atoms in total. The lowest BCUT2D eigenvalue weighted by atomic mass is 10.1. The third-order valence-corrected chi connectivity index (χ3v) is 5.52. The lowest BCUT2D eigenvalue weighted by Gasteiger charge is -2.21.